The summed E-state index contributed by atoms with van der Waals surface area (Å²) in [6, 6.07) is 29.6. The molecule has 4 atom stereocenters. The van der Waals surface area contributed by atoms with Gasteiger partial charge in [-0.3, -0.25) is 0 Å². The van der Waals surface area contributed by atoms with Crippen molar-refractivity contribution in [2.24, 2.45) is 0 Å². The van der Waals surface area contributed by atoms with Gasteiger partial charge in [-0.25, -0.2) is 14.3 Å². The number of alkyl halides is 3. The predicted octanol–water partition coefficient (Wildman–Crippen LogP) is 7.07. The third-order valence-electron chi connectivity index (χ3n) is 6.74. The maximum Gasteiger partial charge on any atom is 0.419 e. The topological polar surface area (TPSA) is 81.0 Å². The molecule has 0 amide bonds. The van der Waals surface area contributed by atoms with Gasteiger partial charge in [0.25, 0.3) is 0 Å². The van der Waals surface area contributed by atoms with E-state index in [1.807, 2.05) is 91.0 Å². The number of hydrogen-bond donors (Lipinski definition) is 0. The molecule has 1 aromatic heterocycles. The molecule has 226 valence electrons. The average Bonchev–Trinajstić information content (AvgIpc) is 3.64. The zero-order valence-electron chi connectivity index (χ0n) is 23.1. The largest absolute Gasteiger partial charge is 0.444 e. The van der Waals surface area contributed by atoms with E-state index < -0.39 is 40.9 Å². The zero-order chi connectivity index (χ0) is 30.1. The van der Waals surface area contributed by atoms with Crippen molar-refractivity contribution < 1.29 is 28.5 Å². The second-order valence-corrected chi connectivity index (χ2v) is 12.5. The highest BCUT2D eigenvalue weighted by molar-refractivity contribution is 6.67. The Hall–Kier alpha value is -2.95. The van der Waals surface area contributed by atoms with Gasteiger partial charge in [0.05, 0.1) is 32.1 Å². The Morgan fingerprint density at radius 3 is 1.88 bits per heavy atom. The minimum absolute atomic E-state index is 0.252. The Labute approximate surface area is 265 Å². The van der Waals surface area contributed by atoms with Gasteiger partial charge < -0.3 is 23.7 Å². The van der Waals surface area contributed by atoms with Crippen molar-refractivity contribution in [2.45, 2.75) is 48.0 Å². The molecule has 1 fully saturated rings. The molecule has 0 bridgehead atoms. The summed E-state index contributed by atoms with van der Waals surface area (Å²) in [7, 11) is 0. The molecule has 1 aliphatic heterocycles. The van der Waals surface area contributed by atoms with E-state index in [2.05, 4.69) is 4.98 Å². The quantitative estimate of drug-likeness (QED) is 0.153. The molecule has 0 unspecified atom stereocenters. The highest BCUT2D eigenvalue weighted by Gasteiger charge is 2.48. The Balaban J connectivity index is 1.37. The van der Waals surface area contributed by atoms with Crippen LogP contribution in [-0.4, -0.2) is 51.0 Å². The molecule has 3 aromatic carbocycles. The van der Waals surface area contributed by atoms with Crippen molar-refractivity contribution in [1.29, 1.82) is 0 Å². The molecule has 1 aliphatic rings. The van der Waals surface area contributed by atoms with Crippen molar-refractivity contribution in [3.8, 4) is 0 Å². The third kappa shape index (κ3) is 9.27. The molecule has 4 aromatic rings. The molecular weight excluding hydrogens is 615 g/mol. The number of benzene rings is 3. The summed E-state index contributed by atoms with van der Waals surface area (Å²) in [6.45, 7) is 0.918. The first-order chi connectivity index (χ1) is 20.9. The summed E-state index contributed by atoms with van der Waals surface area (Å²) >= 11 is 17.2. The second kappa shape index (κ2) is 15.2. The van der Waals surface area contributed by atoms with Crippen LogP contribution in [0.2, 0.25) is 0 Å². The summed E-state index contributed by atoms with van der Waals surface area (Å²) in [6.07, 6.45) is -0.139. The lowest BCUT2D eigenvalue weighted by atomic mass is 10.1. The number of carbonyl (C=O) groups is 1. The van der Waals surface area contributed by atoms with E-state index in [4.69, 9.17) is 58.5 Å². The lowest BCUT2D eigenvalue weighted by molar-refractivity contribution is -0.0898. The average molecular weight is 646 g/mol. The fraction of sp³-hybridized carbons (Fsp3) is 0.312. The number of nitrogens with zero attached hydrogens (tertiary/aromatic N) is 2. The summed E-state index contributed by atoms with van der Waals surface area (Å²) in [4.78, 5) is 17.0. The second-order valence-electron chi connectivity index (χ2n) is 9.99. The molecular formula is C32H31Cl3N2O6. The Kier molecular flexibility index (Phi) is 11.1. The van der Waals surface area contributed by atoms with Gasteiger partial charge in [0.15, 0.2) is 0 Å². The van der Waals surface area contributed by atoms with Crippen molar-refractivity contribution in [3.63, 3.8) is 0 Å². The number of halogens is 3. The molecule has 2 heterocycles. The summed E-state index contributed by atoms with van der Waals surface area (Å²) in [5, 5.41) is 0. The molecule has 5 rings (SSSR count). The van der Waals surface area contributed by atoms with Crippen molar-refractivity contribution in [3.05, 3.63) is 126 Å². The summed E-state index contributed by atoms with van der Waals surface area (Å²) in [5.41, 5.74) is 3.51. The van der Waals surface area contributed by atoms with Gasteiger partial charge in [0, 0.05) is 6.20 Å². The maximum absolute atomic E-state index is 12.6. The highest BCUT2D eigenvalue weighted by Crippen LogP contribution is 2.38. The van der Waals surface area contributed by atoms with Crippen LogP contribution in [0, 0.1) is 0 Å². The van der Waals surface area contributed by atoms with Crippen LogP contribution in [0.4, 0.5) is 4.79 Å². The van der Waals surface area contributed by atoms with Crippen LogP contribution in [-0.2, 0) is 43.5 Å². The van der Waals surface area contributed by atoms with Gasteiger partial charge in [0.2, 0.25) is 3.79 Å². The van der Waals surface area contributed by atoms with Gasteiger partial charge in [-0.2, -0.15) is 0 Å². The Morgan fingerprint density at radius 1 is 0.791 bits per heavy atom. The number of ether oxygens (including phenoxy) is 5. The van der Waals surface area contributed by atoms with Crippen LogP contribution < -0.4 is 0 Å². The lowest BCUT2D eigenvalue weighted by Crippen LogP contribution is -2.37. The number of carbonyl (C=O) groups excluding carboxylic acids is 1. The SMILES string of the molecule is O=C(OCC(Cl)(Cl)Cl)n1cnc([C@@H]2O[C@H](COCc3ccccc3)[C@@H](OCc3ccccc3)[C@H]2OCc2ccccc2)c1. The number of rotatable bonds is 12. The zero-order valence-corrected chi connectivity index (χ0v) is 25.4. The van der Waals surface area contributed by atoms with Crippen LogP contribution >= 0.6 is 34.8 Å². The summed E-state index contributed by atoms with van der Waals surface area (Å²) < 4.78 is 30.1. The van der Waals surface area contributed by atoms with Crippen LogP contribution in [0.3, 0.4) is 0 Å². The standard InChI is InChI=1S/C32H31Cl3N2O6/c33-32(34,35)21-42-31(38)37-16-26(36-22-37)28-30(41-19-25-14-8-3-9-15-25)29(40-18-24-12-6-2-7-13-24)27(43-28)20-39-17-23-10-4-1-5-11-23/h1-16,22,27-30H,17-21H2/t27-,28+,29-,30+/m1/s1. The number of imidazole rings is 1. The van der Waals surface area contributed by atoms with E-state index in [-0.39, 0.29) is 6.61 Å². The molecule has 1 saturated heterocycles. The smallest absolute Gasteiger partial charge is 0.419 e. The first-order valence-corrected chi connectivity index (χ1v) is 14.8. The fourth-order valence-electron chi connectivity index (χ4n) is 4.69. The number of hydrogen-bond acceptors (Lipinski definition) is 7. The Morgan fingerprint density at radius 2 is 1.33 bits per heavy atom. The Bertz CT molecular complexity index is 1420. The number of aromatic nitrogens is 2. The van der Waals surface area contributed by atoms with Crippen LogP contribution in [0.1, 0.15) is 28.5 Å². The van der Waals surface area contributed by atoms with Gasteiger partial charge in [-0.1, -0.05) is 126 Å². The molecule has 0 saturated carbocycles. The highest BCUT2D eigenvalue weighted by atomic mass is 35.6. The van der Waals surface area contributed by atoms with Crippen LogP contribution in [0.25, 0.3) is 0 Å². The molecule has 0 aliphatic carbocycles. The molecule has 43 heavy (non-hydrogen) atoms. The van der Waals surface area contributed by atoms with E-state index in [0.29, 0.717) is 25.5 Å². The molecule has 0 spiro atoms. The van der Waals surface area contributed by atoms with E-state index in [1.165, 1.54) is 17.1 Å². The summed E-state index contributed by atoms with van der Waals surface area (Å²) in [5.74, 6) is 0. The first kappa shape index (κ1) is 31.5. The van der Waals surface area contributed by atoms with Crippen molar-refractivity contribution in [2.75, 3.05) is 13.2 Å². The maximum atomic E-state index is 12.6. The van der Waals surface area contributed by atoms with Crippen LogP contribution in [0.5, 0.6) is 0 Å². The van der Waals surface area contributed by atoms with Crippen molar-refractivity contribution >= 4 is 40.9 Å². The van der Waals surface area contributed by atoms with E-state index in [0.717, 1.165) is 16.7 Å². The van der Waals surface area contributed by atoms with Gasteiger partial charge in [-0.05, 0) is 16.7 Å². The fourth-order valence-corrected chi connectivity index (χ4v) is 4.85. The first-order valence-electron chi connectivity index (χ1n) is 13.7. The monoisotopic (exact) mass is 644 g/mol. The minimum Gasteiger partial charge on any atom is -0.444 e. The van der Waals surface area contributed by atoms with E-state index >= 15 is 0 Å². The lowest BCUT2D eigenvalue weighted by Gasteiger charge is -2.25. The molecule has 8 nitrogen and oxygen atoms in total. The normalized spacial score (nSPS) is 20.3. The van der Waals surface area contributed by atoms with Gasteiger partial charge in [-0.15, -0.1) is 0 Å². The van der Waals surface area contributed by atoms with Gasteiger partial charge >= 0.3 is 6.09 Å². The van der Waals surface area contributed by atoms with Gasteiger partial charge in [0.1, 0.15) is 37.4 Å². The molecule has 11 heteroatoms. The van der Waals surface area contributed by atoms with E-state index in [1.54, 1.807) is 0 Å². The minimum atomic E-state index is -1.74. The predicted molar refractivity (Wildman–Crippen MR) is 163 cm³/mol. The third-order valence-corrected chi connectivity index (χ3v) is 7.07. The molecule has 0 radical (unpaired) electrons. The van der Waals surface area contributed by atoms with Crippen molar-refractivity contribution in [1.82, 2.24) is 9.55 Å². The van der Waals surface area contributed by atoms with Crippen LogP contribution in [0.15, 0.2) is 104 Å². The van der Waals surface area contributed by atoms with E-state index in [9.17, 15) is 4.79 Å². The molecule has 0 N–H and O–H groups in total.